The lowest BCUT2D eigenvalue weighted by molar-refractivity contribution is 0.0692. The molecule has 1 aromatic carbocycles. The summed E-state index contributed by atoms with van der Waals surface area (Å²) < 4.78 is 6.33. The summed E-state index contributed by atoms with van der Waals surface area (Å²) in [4.78, 5) is 10.9. The molecule has 1 N–H and O–H groups in total. The van der Waals surface area contributed by atoms with E-state index in [0.29, 0.717) is 18.1 Å². The zero-order chi connectivity index (χ0) is 12.8. The molecule has 7 heteroatoms. The Labute approximate surface area is 112 Å². The van der Waals surface area contributed by atoms with Gasteiger partial charge in [-0.25, -0.2) is 4.79 Å². The summed E-state index contributed by atoms with van der Waals surface area (Å²) in [5.74, 6) is 0.105. The zero-order valence-electron chi connectivity index (χ0n) is 9.28. The van der Waals surface area contributed by atoms with Crippen molar-refractivity contribution >= 4 is 29.1 Å². The minimum absolute atomic E-state index is 0.179. The normalized spacial score (nSPS) is 10.2. The van der Waals surface area contributed by atoms with Crippen LogP contribution in [0.25, 0.3) is 0 Å². The lowest BCUT2D eigenvalue weighted by Crippen LogP contribution is -2.05. The van der Waals surface area contributed by atoms with Crippen LogP contribution in [0.15, 0.2) is 34.1 Å². The molecule has 0 aliphatic carbocycles. The van der Waals surface area contributed by atoms with E-state index in [0.717, 1.165) is 4.34 Å². The standard InChI is InChI=1S/C11H10N2O3S2/c14-10(15)8-3-1-2-4-9(8)16-5-6-17-11-13-12-7-18-11/h1-4,7H,5-6H2,(H,14,15). The molecule has 0 saturated heterocycles. The average Bonchev–Trinajstić information content (AvgIpc) is 2.88. The highest BCUT2D eigenvalue weighted by Crippen LogP contribution is 2.21. The number of carboxylic acids is 1. The molecule has 0 bridgehead atoms. The first kappa shape index (κ1) is 12.8. The number of hydrogen-bond acceptors (Lipinski definition) is 6. The summed E-state index contributed by atoms with van der Waals surface area (Å²) in [6.45, 7) is 0.425. The van der Waals surface area contributed by atoms with Crippen molar-refractivity contribution in [2.75, 3.05) is 12.4 Å². The number of aromatic carboxylic acids is 1. The first-order valence-electron chi connectivity index (χ1n) is 5.11. The third-order valence-corrected chi connectivity index (χ3v) is 3.85. The number of nitrogens with zero attached hydrogens (tertiary/aromatic N) is 2. The molecule has 5 nitrogen and oxygen atoms in total. The second-order valence-corrected chi connectivity index (χ2v) is 5.38. The Bertz CT molecular complexity index is 517. The SMILES string of the molecule is O=C(O)c1ccccc1OCCSc1nncs1. The van der Waals surface area contributed by atoms with Gasteiger partial charge in [0.25, 0.3) is 0 Å². The minimum Gasteiger partial charge on any atom is -0.492 e. The topological polar surface area (TPSA) is 72.3 Å². The fourth-order valence-corrected chi connectivity index (χ4v) is 2.65. The molecule has 0 amide bonds. The van der Waals surface area contributed by atoms with Crippen LogP contribution in [-0.2, 0) is 0 Å². The van der Waals surface area contributed by atoms with E-state index >= 15 is 0 Å². The number of hydrogen-bond donors (Lipinski definition) is 1. The van der Waals surface area contributed by atoms with Gasteiger partial charge in [-0.05, 0) is 12.1 Å². The highest BCUT2D eigenvalue weighted by atomic mass is 32.2. The molecule has 18 heavy (non-hydrogen) atoms. The molecule has 0 aliphatic rings. The van der Waals surface area contributed by atoms with Crippen molar-refractivity contribution in [3.63, 3.8) is 0 Å². The molecule has 1 aromatic heterocycles. The maximum Gasteiger partial charge on any atom is 0.339 e. The molecule has 2 aromatic rings. The van der Waals surface area contributed by atoms with Crippen LogP contribution in [0.4, 0.5) is 0 Å². The number of rotatable bonds is 6. The van der Waals surface area contributed by atoms with Crippen molar-refractivity contribution < 1.29 is 14.6 Å². The summed E-state index contributed by atoms with van der Waals surface area (Å²) in [7, 11) is 0. The number of benzene rings is 1. The smallest absolute Gasteiger partial charge is 0.339 e. The summed E-state index contributed by atoms with van der Waals surface area (Å²) in [5.41, 5.74) is 1.85. The first-order chi connectivity index (χ1) is 8.77. The Balaban J connectivity index is 1.85. The van der Waals surface area contributed by atoms with Gasteiger partial charge in [0.2, 0.25) is 0 Å². The first-order valence-corrected chi connectivity index (χ1v) is 6.98. The van der Waals surface area contributed by atoms with Crippen LogP contribution in [0.1, 0.15) is 10.4 Å². The van der Waals surface area contributed by atoms with E-state index < -0.39 is 5.97 Å². The molecule has 1 heterocycles. The molecule has 0 spiro atoms. The molecule has 94 valence electrons. The Morgan fingerprint density at radius 3 is 3.00 bits per heavy atom. The van der Waals surface area contributed by atoms with Crippen LogP contribution in [0, 0.1) is 0 Å². The number of aromatic nitrogens is 2. The van der Waals surface area contributed by atoms with E-state index in [2.05, 4.69) is 10.2 Å². The van der Waals surface area contributed by atoms with Crippen LogP contribution in [0.5, 0.6) is 5.75 Å². The third kappa shape index (κ3) is 3.44. The zero-order valence-corrected chi connectivity index (χ0v) is 10.9. The van der Waals surface area contributed by atoms with Gasteiger partial charge in [0.05, 0.1) is 6.61 Å². The molecule has 0 saturated carbocycles. The van der Waals surface area contributed by atoms with E-state index in [4.69, 9.17) is 9.84 Å². The van der Waals surface area contributed by atoms with Crippen LogP contribution >= 0.6 is 23.1 Å². The lowest BCUT2D eigenvalue weighted by Gasteiger charge is -2.07. The van der Waals surface area contributed by atoms with Crippen LogP contribution in [0.2, 0.25) is 0 Å². The van der Waals surface area contributed by atoms with Gasteiger partial charge in [-0.2, -0.15) is 0 Å². The Morgan fingerprint density at radius 2 is 2.28 bits per heavy atom. The van der Waals surface area contributed by atoms with Crippen molar-refractivity contribution in [3.8, 4) is 5.75 Å². The molecular formula is C11H10N2O3S2. The predicted molar refractivity (Wildman–Crippen MR) is 69.5 cm³/mol. The maximum atomic E-state index is 10.9. The van der Waals surface area contributed by atoms with Crippen molar-refractivity contribution in [2.24, 2.45) is 0 Å². The fourth-order valence-electron chi connectivity index (χ4n) is 1.28. The quantitative estimate of drug-likeness (QED) is 0.648. The molecular weight excluding hydrogens is 272 g/mol. The number of para-hydroxylation sites is 1. The van der Waals surface area contributed by atoms with Gasteiger partial charge in [0, 0.05) is 5.75 Å². The van der Waals surface area contributed by atoms with E-state index in [-0.39, 0.29) is 5.56 Å². The number of ether oxygens (including phenoxy) is 1. The summed E-state index contributed by atoms with van der Waals surface area (Å²) in [6.07, 6.45) is 0. The molecule has 0 aliphatic heterocycles. The van der Waals surface area contributed by atoms with Crippen molar-refractivity contribution in [3.05, 3.63) is 35.3 Å². The largest absolute Gasteiger partial charge is 0.492 e. The number of carbonyl (C=O) groups is 1. The highest BCUT2D eigenvalue weighted by molar-refractivity contribution is 8.01. The number of carboxylic acid groups (broad SMARTS) is 1. The lowest BCUT2D eigenvalue weighted by atomic mass is 10.2. The van der Waals surface area contributed by atoms with E-state index in [1.165, 1.54) is 29.2 Å². The molecule has 0 unspecified atom stereocenters. The summed E-state index contributed by atoms with van der Waals surface area (Å²) in [5, 5.41) is 16.6. The Morgan fingerprint density at radius 1 is 1.44 bits per heavy atom. The summed E-state index contributed by atoms with van der Waals surface area (Å²) in [6, 6.07) is 6.60. The van der Waals surface area contributed by atoms with Gasteiger partial charge in [-0.3, -0.25) is 0 Å². The van der Waals surface area contributed by atoms with Crippen molar-refractivity contribution in [1.29, 1.82) is 0 Å². The molecule has 0 fully saturated rings. The summed E-state index contributed by atoms with van der Waals surface area (Å²) >= 11 is 3.00. The predicted octanol–water partition coefficient (Wildman–Crippen LogP) is 2.41. The maximum absolute atomic E-state index is 10.9. The van der Waals surface area contributed by atoms with Crippen molar-refractivity contribution in [2.45, 2.75) is 4.34 Å². The highest BCUT2D eigenvalue weighted by Gasteiger charge is 2.09. The average molecular weight is 282 g/mol. The van der Waals surface area contributed by atoms with Crippen LogP contribution in [-0.4, -0.2) is 33.6 Å². The molecule has 2 rings (SSSR count). The fraction of sp³-hybridized carbons (Fsp3) is 0.182. The minimum atomic E-state index is -0.984. The third-order valence-electron chi connectivity index (χ3n) is 2.02. The van der Waals surface area contributed by atoms with E-state index in [1.54, 1.807) is 23.7 Å². The van der Waals surface area contributed by atoms with Gasteiger partial charge in [-0.15, -0.1) is 10.2 Å². The Kier molecular flexibility index (Phi) is 4.54. The second-order valence-electron chi connectivity index (χ2n) is 3.20. The Hall–Kier alpha value is -1.60. The van der Waals surface area contributed by atoms with Gasteiger partial charge in [0.1, 0.15) is 16.8 Å². The van der Waals surface area contributed by atoms with Gasteiger partial charge < -0.3 is 9.84 Å². The number of thioether (sulfide) groups is 1. The van der Waals surface area contributed by atoms with Gasteiger partial charge >= 0.3 is 5.97 Å². The van der Waals surface area contributed by atoms with Gasteiger partial charge in [0.15, 0.2) is 4.34 Å². The monoisotopic (exact) mass is 282 g/mol. The van der Waals surface area contributed by atoms with Crippen LogP contribution in [0.3, 0.4) is 0 Å². The van der Waals surface area contributed by atoms with E-state index in [9.17, 15) is 4.79 Å². The molecule has 0 radical (unpaired) electrons. The van der Waals surface area contributed by atoms with Gasteiger partial charge in [-0.1, -0.05) is 35.2 Å². The molecule has 0 atom stereocenters. The second kappa shape index (κ2) is 6.36. The van der Waals surface area contributed by atoms with E-state index in [1.807, 2.05) is 0 Å². The van der Waals surface area contributed by atoms with Crippen molar-refractivity contribution in [1.82, 2.24) is 10.2 Å². The van der Waals surface area contributed by atoms with Crippen LogP contribution < -0.4 is 4.74 Å².